The van der Waals surface area contributed by atoms with Crippen LogP contribution < -0.4 is 29.1 Å². The SMILES string of the molecule is C=CC(=O)OCCCCCCOc1ccc(C(=O)Oc2cc(/C=N/Nc3cc4ccccc4c4ccccc34)c(OC(=O)c3ccc(OCCCCCCOC(=O)C=C)cc3)c3cc(OC(=O)C(=C)C)ccc23)cc1. The van der Waals surface area contributed by atoms with E-state index in [1.165, 1.54) is 25.3 Å². The fourth-order valence-electron chi connectivity index (χ4n) is 7.88. The summed E-state index contributed by atoms with van der Waals surface area (Å²) in [7, 11) is 0. The molecule has 0 bridgehead atoms. The van der Waals surface area contributed by atoms with Gasteiger partial charge in [-0.15, -0.1) is 0 Å². The summed E-state index contributed by atoms with van der Waals surface area (Å²) >= 11 is 0. The molecule has 0 saturated carbocycles. The van der Waals surface area contributed by atoms with Crippen LogP contribution in [0.25, 0.3) is 32.3 Å². The number of esters is 5. The molecule has 75 heavy (non-hydrogen) atoms. The van der Waals surface area contributed by atoms with Gasteiger partial charge in [-0.05, 0) is 153 Å². The first-order valence-electron chi connectivity index (χ1n) is 24.7. The molecule has 0 amide bonds. The standard InChI is InChI=1S/C61H58N2O12/c1-5-56(64)71-35-17-9-7-15-33-69-46-27-23-42(24-28-46)60(67)74-55-38-45(40-62-63-54-37-44-19-11-12-20-49(44)50-21-13-14-22-51(50)54)58(53-39-48(31-32-52(53)55)73-59(66)41(3)4)75-61(68)43-25-29-47(30-26-43)70-34-16-8-10-18-36-72-57(65)6-2/h5-6,11-14,19-32,37-40,63H,1-3,7-10,15-18,33-36H2,4H3/b62-40+. The maximum absolute atomic E-state index is 14.2. The largest absolute Gasteiger partial charge is 0.494 e. The summed E-state index contributed by atoms with van der Waals surface area (Å²) in [5, 5.41) is 9.29. The van der Waals surface area contributed by atoms with Crippen molar-refractivity contribution in [3.05, 3.63) is 182 Å². The highest BCUT2D eigenvalue weighted by Gasteiger charge is 2.22. The maximum atomic E-state index is 14.2. The monoisotopic (exact) mass is 1010 g/mol. The third-order valence-electron chi connectivity index (χ3n) is 11.8. The lowest BCUT2D eigenvalue weighted by Gasteiger charge is -2.16. The summed E-state index contributed by atoms with van der Waals surface area (Å²) in [6, 6.07) is 37.3. The molecule has 0 saturated heterocycles. The van der Waals surface area contributed by atoms with Gasteiger partial charge in [-0.2, -0.15) is 5.10 Å². The highest BCUT2D eigenvalue weighted by Crippen LogP contribution is 2.40. The molecule has 0 spiro atoms. The fraction of sp³-hybridized carbons (Fsp3) is 0.213. The highest BCUT2D eigenvalue weighted by molar-refractivity contribution is 6.13. The molecule has 14 heteroatoms. The van der Waals surface area contributed by atoms with Crippen LogP contribution in [-0.4, -0.2) is 62.5 Å². The number of nitrogens with zero attached hydrogens (tertiary/aromatic N) is 1. The molecule has 0 fully saturated rings. The van der Waals surface area contributed by atoms with E-state index in [0.717, 1.165) is 85.1 Å². The number of carbonyl (C=O) groups excluding carboxylic acids is 5. The number of rotatable bonds is 27. The second kappa shape index (κ2) is 27.1. The predicted octanol–water partition coefficient (Wildman–Crippen LogP) is 12.8. The second-order valence-corrected chi connectivity index (χ2v) is 17.3. The average molecular weight is 1010 g/mol. The van der Waals surface area contributed by atoms with Gasteiger partial charge in [0.2, 0.25) is 0 Å². The minimum Gasteiger partial charge on any atom is -0.494 e. The molecule has 1 N–H and O–H groups in total. The molecule has 0 heterocycles. The van der Waals surface area contributed by atoms with Gasteiger partial charge in [0.1, 0.15) is 28.7 Å². The number of unbranched alkanes of at least 4 members (excludes halogenated alkanes) is 6. The van der Waals surface area contributed by atoms with Gasteiger partial charge >= 0.3 is 29.8 Å². The van der Waals surface area contributed by atoms with Gasteiger partial charge < -0.3 is 33.2 Å². The Bertz CT molecular complexity index is 3230. The van der Waals surface area contributed by atoms with Crippen molar-refractivity contribution in [3.8, 4) is 28.7 Å². The van der Waals surface area contributed by atoms with Crippen molar-refractivity contribution in [1.29, 1.82) is 0 Å². The van der Waals surface area contributed by atoms with Gasteiger partial charge in [-0.1, -0.05) is 68.3 Å². The topological polar surface area (TPSA) is 174 Å². The van der Waals surface area contributed by atoms with Crippen molar-refractivity contribution in [2.75, 3.05) is 31.9 Å². The molecule has 0 aromatic heterocycles. The quantitative estimate of drug-likeness (QED) is 0.00981. The van der Waals surface area contributed by atoms with E-state index in [1.54, 1.807) is 60.7 Å². The average Bonchev–Trinajstić information content (AvgIpc) is 3.43. The van der Waals surface area contributed by atoms with E-state index in [1.807, 2.05) is 48.5 Å². The van der Waals surface area contributed by atoms with Crippen LogP contribution in [0.3, 0.4) is 0 Å². The number of hydrazone groups is 1. The predicted molar refractivity (Wildman–Crippen MR) is 290 cm³/mol. The van der Waals surface area contributed by atoms with Gasteiger partial charge in [0, 0.05) is 39.4 Å². The Morgan fingerprint density at radius 2 is 1.04 bits per heavy atom. The Labute approximate surface area is 435 Å². The van der Waals surface area contributed by atoms with Gasteiger partial charge in [-0.3, -0.25) is 5.43 Å². The van der Waals surface area contributed by atoms with Crippen molar-refractivity contribution in [2.24, 2.45) is 5.10 Å². The lowest BCUT2D eigenvalue weighted by Crippen LogP contribution is -2.13. The third kappa shape index (κ3) is 15.2. The summed E-state index contributed by atoms with van der Waals surface area (Å²) in [5.74, 6) is -1.56. The number of benzene rings is 7. The van der Waals surface area contributed by atoms with Gasteiger partial charge in [0.05, 0.1) is 49.5 Å². The molecule has 0 radical (unpaired) electrons. The number of ether oxygens (including phenoxy) is 7. The summed E-state index contributed by atoms with van der Waals surface area (Å²) < 4.78 is 39.9. The Morgan fingerprint density at radius 1 is 0.520 bits per heavy atom. The second-order valence-electron chi connectivity index (χ2n) is 17.3. The molecular formula is C61H58N2O12. The smallest absolute Gasteiger partial charge is 0.343 e. The van der Waals surface area contributed by atoms with Gasteiger partial charge in [0.25, 0.3) is 0 Å². The van der Waals surface area contributed by atoms with E-state index in [9.17, 15) is 24.0 Å². The van der Waals surface area contributed by atoms with Crippen LogP contribution in [0.1, 0.15) is 84.6 Å². The fourth-order valence-corrected chi connectivity index (χ4v) is 7.88. The molecular weight excluding hydrogens is 953 g/mol. The van der Waals surface area contributed by atoms with Crippen molar-refractivity contribution in [2.45, 2.75) is 58.3 Å². The molecule has 0 aliphatic rings. The zero-order chi connectivity index (χ0) is 52.9. The Hall–Kier alpha value is -9.04. The number of nitrogens with one attached hydrogen (secondary N) is 1. The first kappa shape index (κ1) is 53.8. The molecule has 384 valence electrons. The number of fused-ring (bicyclic) bond motifs is 4. The lowest BCUT2D eigenvalue weighted by molar-refractivity contribution is -0.138. The third-order valence-corrected chi connectivity index (χ3v) is 11.8. The van der Waals surface area contributed by atoms with Crippen molar-refractivity contribution < 1.29 is 57.1 Å². The van der Waals surface area contributed by atoms with Crippen LogP contribution in [-0.2, 0) is 23.9 Å². The van der Waals surface area contributed by atoms with Crippen LogP contribution >= 0.6 is 0 Å². The summed E-state index contributed by atoms with van der Waals surface area (Å²) in [4.78, 5) is 63.4. The van der Waals surface area contributed by atoms with Crippen LogP contribution in [0.2, 0.25) is 0 Å². The van der Waals surface area contributed by atoms with Gasteiger partial charge in [0.15, 0.2) is 0 Å². The Kier molecular flexibility index (Phi) is 19.4. The summed E-state index contributed by atoms with van der Waals surface area (Å²) in [5.41, 5.74) is 4.75. The summed E-state index contributed by atoms with van der Waals surface area (Å²) in [6.07, 6.45) is 10.3. The molecule has 7 aromatic rings. The zero-order valence-electron chi connectivity index (χ0n) is 41.8. The highest BCUT2D eigenvalue weighted by atomic mass is 16.6. The van der Waals surface area contributed by atoms with Crippen LogP contribution in [0.5, 0.6) is 28.7 Å². The van der Waals surface area contributed by atoms with Crippen LogP contribution in [0.4, 0.5) is 5.69 Å². The van der Waals surface area contributed by atoms with E-state index in [0.29, 0.717) is 49.0 Å². The van der Waals surface area contributed by atoms with Crippen LogP contribution in [0, 0.1) is 0 Å². The van der Waals surface area contributed by atoms with Crippen LogP contribution in [0.15, 0.2) is 170 Å². The minimum absolute atomic E-state index is 0.0363. The molecule has 7 rings (SSSR count). The number of anilines is 1. The lowest BCUT2D eigenvalue weighted by atomic mass is 10.0. The first-order chi connectivity index (χ1) is 36.5. The Balaban J connectivity index is 1.15. The van der Waals surface area contributed by atoms with Crippen molar-refractivity contribution in [1.82, 2.24) is 0 Å². The van der Waals surface area contributed by atoms with E-state index < -0.39 is 29.8 Å². The van der Waals surface area contributed by atoms with E-state index in [2.05, 4.69) is 36.3 Å². The van der Waals surface area contributed by atoms with E-state index in [-0.39, 0.29) is 44.9 Å². The van der Waals surface area contributed by atoms with E-state index >= 15 is 0 Å². The number of carbonyl (C=O) groups is 5. The number of hydrogen-bond donors (Lipinski definition) is 1. The zero-order valence-corrected chi connectivity index (χ0v) is 41.8. The molecule has 0 aliphatic heterocycles. The maximum Gasteiger partial charge on any atom is 0.343 e. The molecule has 7 aromatic carbocycles. The normalized spacial score (nSPS) is 10.9. The van der Waals surface area contributed by atoms with Crippen molar-refractivity contribution in [3.63, 3.8) is 0 Å². The molecule has 0 atom stereocenters. The molecule has 14 nitrogen and oxygen atoms in total. The molecule has 0 aliphatic carbocycles. The first-order valence-corrected chi connectivity index (χ1v) is 24.7. The Morgan fingerprint density at radius 3 is 1.61 bits per heavy atom. The van der Waals surface area contributed by atoms with Crippen molar-refractivity contribution >= 4 is 74.1 Å². The van der Waals surface area contributed by atoms with Gasteiger partial charge in [-0.25, -0.2) is 24.0 Å². The summed E-state index contributed by atoms with van der Waals surface area (Å²) in [6.45, 7) is 13.6. The molecule has 0 unspecified atom stereocenters. The number of hydrogen-bond acceptors (Lipinski definition) is 14. The van der Waals surface area contributed by atoms with E-state index in [4.69, 9.17) is 33.2 Å². The minimum atomic E-state index is -0.717.